The molecule has 1 saturated carbocycles. The summed E-state index contributed by atoms with van der Waals surface area (Å²) in [5.41, 5.74) is 5.89. The van der Waals surface area contributed by atoms with Crippen molar-refractivity contribution in [1.29, 1.82) is 0 Å². The first-order chi connectivity index (χ1) is 8.65. The van der Waals surface area contributed by atoms with Crippen molar-refractivity contribution in [3.05, 3.63) is 21.3 Å². The van der Waals surface area contributed by atoms with Gasteiger partial charge in [0.25, 0.3) is 0 Å². The molecule has 2 rings (SSSR count). The number of nitrogens with two attached hydrogens (primary N) is 1. The van der Waals surface area contributed by atoms with Crippen LogP contribution in [0.3, 0.4) is 0 Å². The van der Waals surface area contributed by atoms with Gasteiger partial charge in [0.1, 0.15) is 0 Å². The minimum absolute atomic E-state index is 0.112. The number of halogens is 1. The molecule has 0 aromatic carbocycles. The maximum absolute atomic E-state index is 11.9. The first-order valence-electron chi connectivity index (χ1n) is 6.42. The third-order valence-electron chi connectivity index (χ3n) is 3.39. The predicted octanol–water partition coefficient (Wildman–Crippen LogP) is 2.58. The molecule has 1 amide bonds. The highest BCUT2D eigenvalue weighted by Crippen LogP contribution is 2.23. The zero-order valence-electron chi connectivity index (χ0n) is 10.3. The predicted molar refractivity (Wildman–Crippen MR) is 76.0 cm³/mol. The molecule has 0 saturated heterocycles. The summed E-state index contributed by atoms with van der Waals surface area (Å²) < 4.78 is 0.801. The van der Waals surface area contributed by atoms with Gasteiger partial charge in [-0.15, -0.1) is 11.3 Å². The van der Waals surface area contributed by atoms with E-state index in [0.29, 0.717) is 6.54 Å². The molecular formula is C13H19ClN2OS. The second-order valence-electron chi connectivity index (χ2n) is 4.87. The molecule has 0 spiro atoms. The lowest BCUT2D eigenvalue weighted by atomic mass is 9.85. The van der Waals surface area contributed by atoms with E-state index in [1.807, 2.05) is 12.1 Å². The minimum Gasteiger partial charge on any atom is -0.356 e. The number of carbonyl (C=O) groups excluding carboxylic acids is 1. The Bertz CT molecular complexity index is 407. The van der Waals surface area contributed by atoms with Crippen molar-refractivity contribution in [1.82, 2.24) is 5.32 Å². The van der Waals surface area contributed by atoms with E-state index in [1.165, 1.54) is 4.88 Å². The molecule has 3 N–H and O–H groups in total. The molecule has 0 bridgehead atoms. The van der Waals surface area contributed by atoms with Gasteiger partial charge in [-0.3, -0.25) is 4.79 Å². The second kappa shape index (κ2) is 6.55. The summed E-state index contributed by atoms with van der Waals surface area (Å²) in [7, 11) is 0. The number of amides is 1. The largest absolute Gasteiger partial charge is 0.356 e. The van der Waals surface area contributed by atoms with Gasteiger partial charge in [0.2, 0.25) is 5.91 Å². The van der Waals surface area contributed by atoms with Gasteiger partial charge in [0.05, 0.1) is 4.34 Å². The summed E-state index contributed by atoms with van der Waals surface area (Å²) in [6, 6.07) is 4.10. The summed E-state index contributed by atoms with van der Waals surface area (Å²) in [6.07, 6.45) is 4.78. The van der Waals surface area contributed by atoms with Crippen molar-refractivity contribution in [2.75, 3.05) is 6.54 Å². The highest BCUT2D eigenvalue weighted by molar-refractivity contribution is 7.16. The fraction of sp³-hybridized carbons (Fsp3) is 0.615. The van der Waals surface area contributed by atoms with E-state index in [9.17, 15) is 4.79 Å². The van der Waals surface area contributed by atoms with Gasteiger partial charge in [-0.05, 0) is 37.8 Å². The Hall–Kier alpha value is -0.580. The van der Waals surface area contributed by atoms with Crippen LogP contribution in [0.5, 0.6) is 0 Å². The molecule has 1 aliphatic rings. The van der Waals surface area contributed by atoms with Crippen LogP contribution in [0, 0.1) is 5.92 Å². The number of hydrogen-bond acceptors (Lipinski definition) is 3. The molecule has 1 aromatic heterocycles. The van der Waals surface area contributed by atoms with Gasteiger partial charge in [0, 0.05) is 23.4 Å². The maximum Gasteiger partial charge on any atom is 0.223 e. The smallest absolute Gasteiger partial charge is 0.223 e. The average Bonchev–Trinajstić information content (AvgIpc) is 2.75. The lowest BCUT2D eigenvalue weighted by Gasteiger charge is -2.25. The summed E-state index contributed by atoms with van der Waals surface area (Å²) in [5, 5.41) is 3.00. The Morgan fingerprint density at radius 3 is 3.00 bits per heavy atom. The van der Waals surface area contributed by atoms with E-state index < -0.39 is 0 Å². The normalized spacial score (nSPS) is 23.9. The zero-order chi connectivity index (χ0) is 13.0. The molecule has 0 aliphatic heterocycles. The fourth-order valence-corrected chi connectivity index (χ4v) is 3.49. The Kier molecular flexibility index (Phi) is 5.03. The van der Waals surface area contributed by atoms with Gasteiger partial charge < -0.3 is 11.1 Å². The number of nitrogens with one attached hydrogen (secondary N) is 1. The summed E-state index contributed by atoms with van der Waals surface area (Å²) >= 11 is 7.43. The van der Waals surface area contributed by atoms with Crippen molar-refractivity contribution in [2.24, 2.45) is 11.7 Å². The van der Waals surface area contributed by atoms with Crippen LogP contribution in [0.15, 0.2) is 12.1 Å². The average molecular weight is 287 g/mol. The quantitative estimate of drug-likeness (QED) is 0.894. The molecule has 100 valence electrons. The molecule has 0 radical (unpaired) electrons. The summed E-state index contributed by atoms with van der Waals surface area (Å²) in [6.45, 7) is 0.682. The SMILES string of the molecule is NC1CCCC(C(=O)NCCc2ccc(Cl)s2)C1. The highest BCUT2D eigenvalue weighted by atomic mass is 35.5. The van der Waals surface area contributed by atoms with Crippen molar-refractivity contribution in [2.45, 2.75) is 38.1 Å². The molecule has 1 aliphatic carbocycles. The van der Waals surface area contributed by atoms with Crippen LogP contribution in [0.25, 0.3) is 0 Å². The van der Waals surface area contributed by atoms with Crippen LogP contribution in [0.2, 0.25) is 4.34 Å². The maximum atomic E-state index is 11.9. The van der Waals surface area contributed by atoms with Crippen molar-refractivity contribution in [3.63, 3.8) is 0 Å². The zero-order valence-corrected chi connectivity index (χ0v) is 11.9. The Morgan fingerprint density at radius 2 is 2.33 bits per heavy atom. The lowest BCUT2D eigenvalue weighted by molar-refractivity contribution is -0.126. The molecule has 2 atom stereocenters. The summed E-state index contributed by atoms with van der Waals surface area (Å²) in [5.74, 6) is 0.272. The number of hydrogen-bond donors (Lipinski definition) is 2. The van der Waals surface area contributed by atoms with Gasteiger partial charge in [0.15, 0.2) is 0 Å². The van der Waals surface area contributed by atoms with Gasteiger partial charge in [-0.25, -0.2) is 0 Å². The Balaban J connectivity index is 1.71. The molecule has 1 aromatic rings. The van der Waals surface area contributed by atoms with Crippen molar-refractivity contribution in [3.8, 4) is 0 Å². The fourth-order valence-electron chi connectivity index (χ4n) is 2.41. The van der Waals surface area contributed by atoms with Crippen LogP contribution < -0.4 is 11.1 Å². The third kappa shape index (κ3) is 3.97. The second-order valence-corrected chi connectivity index (χ2v) is 6.67. The highest BCUT2D eigenvalue weighted by Gasteiger charge is 2.24. The van der Waals surface area contributed by atoms with Gasteiger partial charge >= 0.3 is 0 Å². The van der Waals surface area contributed by atoms with Crippen LogP contribution in [0.1, 0.15) is 30.6 Å². The van der Waals surface area contributed by atoms with Gasteiger partial charge in [-0.1, -0.05) is 18.0 Å². The van der Waals surface area contributed by atoms with Crippen molar-refractivity contribution >= 4 is 28.8 Å². The first kappa shape index (κ1) is 13.8. The number of thiophene rings is 1. The first-order valence-corrected chi connectivity index (χ1v) is 7.62. The van der Waals surface area contributed by atoms with E-state index in [0.717, 1.165) is 36.4 Å². The molecule has 2 unspecified atom stereocenters. The van der Waals surface area contributed by atoms with E-state index in [4.69, 9.17) is 17.3 Å². The Labute approximate surface area is 117 Å². The number of carbonyl (C=O) groups is 1. The van der Waals surface area contributed by atoms with Crippen LogP contribution in [-0.4, -0.2) is 18.5 Å². The monoisotopic (exact) mass is 286 g/mol. The molecule has 1 fully saturated rings. The summed E-state index contributed by atoms with van der Waals surface area (Å²) in [4.78, 5) is 13.2. The molecule has 5 heteroatoms. The molecule has 3 nitrogen and oxygen atoms in total. The van der Waals surface area contributed by atoms with E-state index in [1.54, 1.807) is 11.3 Å². The lowest BCUT2D eigenvalue weighted by Crippen LogP contribution is -2.38. The number of rotatable bonds is 4. The third-order valence-corrected chi connectivity index (χ3v) is 4.68. The van der Waals surface area contributed by atoms with Crippen LogP contribution in [-0.2, 0) is 11.2 Å². The van der Waals surface area contributed by atoms with E-state index >= 15 is 0 Å². The van der Waals surface area contributed by atoms with E-state index in [2.05, 4.69) is 5.32 Å². The van der Waals surface area contributed by atoms with Crippen LogP contribution in [0.4, 0.5) is 0 Å². The standard InChI is InChI=1S/C13H19ClN2OS/c14-12-5-4-11(18-12)6-7-16-13(17)9-2-1-3-10(15)8-9/h4-5,9-10H,1-3,6-8,15H2,(H,16,17). The van der Waals surface area contributed by atoms with Crippen molar-refractivity contribution < 1.29 is 4.79 Å². The van der Waals surface area contributed by atoms with Gasteiger partial charge in [-0.2, -0.15) is 0 Å². The Morgan fingerprint density at radius 1 is 1.50 bits per heavy atom. The molecule has 1 heterocycles. The van der Waals surface area contributed by atoms with E-state index in [-0.39, 0.29) is 17.9 Å². The molecule has 18 heavy (non-hydrogen) atoms. The molecular weight excluding hydrogens is 268 g/mol. The topological polar surface area (TPSA) is 55.1 Å². The van der Waals surface area contributed by atoms with Crippen LogP contribution >= 0.6 is 22.9 Å². The minimum atomic E-state index is 0.112.